The van der Waals surface area contributed by atoms with Gasteiger partial charge in [-0.05, 0) is 5.92 Å². The number of benzene rings is 1. The number of rotatable bonds is 4. The van der Waals surface area contributed by atoms with Gasteiger partial charge in [-0.25, -0.2) is 8.78 Å². The van der Waals surface area contributed by atoms with Gasteiger partial charge in [0.15, 0.2) is 0 Å². The molecule has 0 aromatic heterocycles. The average molecular weight is 230 g/mol. The summed E-state index contributed by atoms with van der Waals surface area (Å²) in [5.41, 5.74) is -0.219. The van der Waals surface area contributed by atoms with Gasteiger partial charge in [-0.3, -0.25) is 4.79 Å². The maximum Gasteiger partial charge on any atom is 0.303 e. The number of aliphatic carboxylic acids is 1. The lowest BCUT2D eigenvalue weighted by molar-refractivity contribution is -0.137. The van der Waals surface area contributed by atoms with Gasteiger partial charge in [0.1, 0.15) is 17.4 Å². The number of hydrogen-bond acceptors (Lipinski definition) is 2. The van der Waals surface area contributed by atoms with E-state index in [0.29, 0.717) is 0 Å². The van der Waals surface area contributed by atoms with Crippen molar-refractivity contribution in [1.82, 2.24) is 0 Å². The van der Waals surface area contributed by atoms with Crippen LogP contribution in [0.1, 0.15) is 24.8 Å². The molecule has 0 radical (unpaired) electrons. The van der Waals surface area contributed by atoms with Crippen molar-refractivity contribution in [1.29, 1.82) is 0 Å². The molecule has 1 rings (SSSR count). The van der Waals surface area contributed by atoms with E-state index in [9.17, 15) is 13.6 Å². The Labute approximate surface area is 91.7 Å². The predicted octanol–water partition coefficient (Wildman–Crippen LogP) is 2.55. The van der Waals surface area contributed by atoms with Crippen molar-refractivity contribution in [3.8, 4) is 5.75 Å². The molecule has 1 aromatic rings. The van der Waals surface area contributed by atoms with Crippen LogP contribution in [0.4, 0.5) is 8.78 Å². The van der Waals surface area contributed by atoms with E-state index >= 15 is 0 Å². The fourth-order valence-electron chi connectivity index (χ4n) is 1.51. The van der Waals surface area contributed by atoms with Crippen molar-refractivity contribution in [2.24, 2.45) is 0 Å². The molecule has 0 saturated heterocycles. The van der Waals surface area contributed by atoms with Crippen molar-refractivity contribution in [2.75, 3.05) is 7.11 Å². The maximum atomic E-state index is 13.5. The molecule has 3 nitrogen and oxygen atoms in total. The molecule has 0 amide bonds. The molecule has 5 heteroatoms. The summed E-state index contributed by atoms with van der Waals surface area (Å²) in [5, 5.41) is 8.56. The lowest BCUT2D eigenvalue weighted by Crippen LogP contribution is -2.07. The molecule has 0 aliphatic heterocycles. The third-order valence-corrected chi connectivity index (χ3v) is 2.26. The molecule has 88 valence electrons. The first-order valence-electron chi connectivity index (χ1n) is 4.70. The quantitative estimate of drug-likeness (QED) is 0.864. The van der Waals surface area contributed by atoms with Crippen LogP contribution >= 0.6 is 0 Å². The van der Waals surface area contributed by atoms with Crippen molar-refractivity contribution in [3.63, 3.8) is 0 Å². The van der Waals surface area contributed by atoms with E-state index in [-0.39, 0.29) is 17.7 Å². The van der Waals surface area contributed by atoms with Gasteiger partial charge in [0.2, 0.25) is 0 Å². The largest absolute Gasteiger partial charge is 0.497 e. The van der Waals surface area contributed by atoms with Gasteiger partial charge < -0.3 is 9.84 Å². The molecule has 0 saturated carbocycles. The minimum atomic E-state index is -1.10. The molecule has 0 heterocycles. The maximum absolute atomic E-state index is 13.5. The Morgan fingerprint density at radius 3 is 2.31 bits per heavy atom. The smallest absolute Gasteiger partial charge is 0.303 e. The van der Waals surface area contributed by atoms with E-state index < -0.39 is 23.5 Å². The van der Waals surface area contributed by atoms with Gasteiger partial charge >= 0.3 is 5.97 Å². The third kappa shape index (κ3) is 2.68. The summed E-state index contributed by atoms with van der Waals surface area (Å²) in [6, 6.07) is 2.08. The van der Waals surface area contributed by atoms with E-state index in [1.54, 1.807) is 0 Å². The topological polar surface area (TPSA) is 46.5 Å². The van der Waals surface area contributed by atoms with Crippen LogP contribution in [0, 0.1) is 11.6 Å². The fourth-order valence-corrected chi connectivity index (χ4v) is 1.51. The minimum absolute atomic E-state index is 0.0706. The lowest BCUT2D eigenvalue weighted by atomic mass is 9.96. The zero-order valence-corrected chi connectivity index (χ0v) is 8.96. The molecule has 0 spiro atoms. The van der Waals surface area contributed by atoms with Crippen LogP contribution in [-0.2, 0) is 4.79 Å². The Morgan fingerprint density at radius 2 is 1.94 bits per heavy atom. The van der Waals surface area contributed by atoms with Gasteiger partial charge in [-0.15, -0.1) is 0 Å². The molecule has 1 unspecified atom stereocenters. The lowest BCUT2D eigenvalue weighted by Gasteiger charge is -2.12. The van der Waals surface area contributed by atoms with Crippen LogP contribution in [0.3, 0.4) is 0 Å². The fraction of sp³-hybridized carbons (Fsp3) is 0.364. The number of hydrogen-bond donors (Lipinski definition) is 1. The van der Waals surface area contributed by atoms with E-state index in [1.165, 1.54) is 14.0 Å². The minimum Gasteiger partial charge on any atom is -0.497 e. The monoisotopic (exact) mass is 230 g/mol. The van der Waals surface area contributed by atoms with Crippen LogP contribution in [0.2, 0.25) is 0 Å². The van der Waals surface area contributed by atoms with Crippen molar-refractivity contribution < 1.29 is 23.4 Å². The standard InChI is InChI=1S/C11H12F2O3/c1-6(3-10(14)15)11-8(12)4-7(16-2)5-9(11)13/h4-6H,3H2,1-2H3,(H,14,15). The summed E-state index contributed by atoms with van der Waals surface area (Å²) in [6.07, 6.45) is -0.319. The van der Waals surface area contributed by atoms with Gasteiger partial charge in [0.25, 0.3) is 0 Å². The normalized spacial score (nSPS) is 12.2. The van der Waals surface area contributed by atoms with Crippen LogP contribution < -0.4 is 4.74 Å². The molecule has 1 atom stereocenters. The van der Waals surface area contributed by atoms with Crippen molar-refractivity contribution in [2.45, 2.75) is 19.3 Å². The Balaban J connectivity index is 3.08. The summed E-state index contributed by atoms with van der Waals surface area (Å²) in [4.78, 5) is 10.5. The zero-order valence-electron chi connectivity index (χ0n) is 8.96. The van der Waals surface area contributed by atoms with Crippen LogP contribution in [0.15, 0.2) is 12.1 Å². The van der Waals surface area contributed by atoms with Crippen LogP contribution in [0.25, 0.3) is 0 Å². The molecule has 16 heavy (non-hydrogen) atoms. The summed E-state index contributed by atoms with van der Waals surface area (Å²) >= 11 is 0. The molecule has 0 aliphatic carbocycles. The highest BCUT2D eigenvalue weighted by molar-refractivity contribution is 5.68. The SMILES string of the molecule is COc1cc(F)c(C(C)CC(=O)O)c(F)c1. The molecule has 0 aliphatic rings. The van der Waals surface area contributed by atoms with Crippen molar-refractivity contribution >= 4 is 5.97 Å². The Morgan fingerprint density at radius 1 is 1.44 bits per heavy atom. The molecular formula is C11H12F2O3. The van der Waals surface area contributed by atoms with Gasteiger partial charge in [0, 0.05) is 17.7 Å². The molecule has 1 aromatic carbocycles. The Kier molecular flexibility index (Phi) is 3.82. The van der Waals surface area contributed by atoms with Crippen LogP contribution in [-0.4, -0.2) is 18.2 Å². The van der Waals surface area contributed by atoms with Crippen LogP contribution in [0.5, 0.6) is 5.75 Å². The van der Waals surface area contributed by atoms with Gasteiger partial charge in [0.05, 0.1) is 13.5 Å². The number of methoxy groups -OCH3 is 1. The van der Waals surface area contributed by atoms with E-state index in [2.05, 4.69) is 0 Å². The number of ether oxygens (including phenoxy) is 1. The van der Waals surface area contributed by atoms with Gasteiger partial charge in [-0.2, -0.15) is 0 Å². The van der Waals surface area contributed by atoms with Crippen molar-refractivity contribution in [3.05, 3.63) is 29.3 Å². The number of carboxylic acid groups (broad SMARTS) is 1. The van der Waals surface area contributed by atoms with Gasteiger partial charge in [-0.1, -0.05) is 6.92 Å². The summed E-state index contributed by atoms with van der Waals surface area (Å²) in [7, 11) is 1.30. The zero-order chi connectivity index (χ0) is 12.3. The predicted molar refractivity (Wildman–Crippen MR) is 53.6 cm³/mol. The second kappa shape index (κ2) is 4.92. The number of carbonyl (C=O) groups is 1. The Hall–Kier alpha value is -1.65. The molecule has 0 fully saturated rings. The summed E-state index contributed by atoms with van der Waals surface area (Å²) in [5.74, 6) is -3.32. The van der Waals surface area contributed by atoms with E-state index in [4.69, 9.17) is 9.84 Å². The third-order valence-electron chi connectivity index (χ3n) is 2.26. The number of halogens is 2. The molecule has 0 bridgehead atoms. The second-order valence-electron chi connectivity index (χ2n) is 3.50. The highest BCUT2D eigenvalue weighted by Gasteiger charge is 2.20. The summed E-state index contributed by atoms with van der Waals surface area (Å²) in [6.45, 7) is 1.46. The van der Waals surface area contributed by atoms with E-state index in [0.717, 1.165) is 12.1 Å². The number of carboxylic acids is 1. The first kappa shape index (κ1) is 12.4. The van der Waals surface area contributed by atoms with E-state index in [1.807, 2.05) is 0 Å². The molecular weight excluding hydrogens is 218 g/mol. The highest BCUT2D eigenvalue weighted by atomic mass is 19.1. The first-order chi connectivity index (χ1) is 7.45. The Bertz CT molecular complexity index is 381. The highest BCUT2D eigenvalue weighted by Crippen LogP contribution is 2.28. The first-order valence-corrected chi connectivity index (χ1v) is 4.70. The average Bonchev–Trinajstić information content (AvgIpc) is 2.15. The summed E-state index contributed by atoms with van der Waals surface area (Å²) < 4.78 is 31.7. The second-order valence-corrected chi connectivity index (χ2v) is 3.50. The molecule has 1 N–H and O–H groups in total.